The van der Waals surface area contributed by atoms with Gasteiger partial charge in [-0.2, -0.15) is 9.78 Å². The van der Waals surface area contributed by atoms with Crippen molar-refractivity contribution in [2.24, 2.45) is 5.10 Å². The first-order chi connectivity index (χ1) is 12.0. The molecule has 0 radical (unpaired) electrons. The molecule has 0 spiro atoms. The predicted molar refractivity (Wildman–Crippen MR) is 96.4 cm³/mol. The zero-order valence-corrected chi connectivity index (χ0v) is 14.6. The third-order valence-electron chi connectivity index (χ3n) is 3.18. The number of rotatable bonds is 5. The van der Waals surface area contributed by atoms with Crippen LogP contribution in [-0.4, -0.2) is 31.1 Å². The van der Waals surface area contributed by atoms with Gasteiger partial charge in [0.25, 0.3) is 5.56 Å². The number of hydrogen-bond donors (Lipinski definition) is 2. The highest BCUT2D eigenvalue weighted by Crippen LogP contribution is 2.25. The first-order valence-electron chi connectivity index (χ1n) is 7.19. The molecule has 2 heterocycles. The molecule has 0 unspecified atom stereocenters. The van der Waals surface area contributed by atoms with Gasteiger partial charge in [0, 0.05) is 16.8 Å². The van der Waals surface area contributed by atoms with Gasteiger partial charge in [-0.15, -0.1) is 10.2 Å². The molecule has 10 heteroatoms. The van der Waals surface area contributed by atoms with Gasteiger partial charge in [0.05, 0.1) is 11.9 Å². The molecule has 8 nitrogen and oxygen atoms in total. The van der Waals surface area contributed by atoms with Gasteiger partial charge in [0.2, 0.25) is 5.16 Å². The van der Waals surface area contributed by atoms with Crippen LogP contribution in [0.4, 0.5) is 0 Å². The fourth-order valence-electron chi connectivity index (χ4n) is 2.00. The van der Waals surface area contributed by atoms with E-state index in [1.807, 2.05) is 24.3 Å². The molecule has 0 fully saturated rings. The van der Waals surface area contributed by atoms with Crippen LogP contribution in [0.2, 0.25) is 5.02 Å². The molecule has 2 N–H and O–H groups in total. The van der Waals surface area contributed by atoms with Crippen molar-refractivity contribution < 1.29 is 0 Å². The molecular formula is C15H13ClN6O2S. The lowest BCUT2D eigenvalue weighted by atomic mass is 10.2. The summed E-state index contributed by atoms with van der Waals surface area (Å²) in [7, 11) is 0. The monoisotopic (exact) mass is 376 g/mol. The summed E-state index contributed by atoms with van der Waals surface area (Å²) in [5.74, 6) is 1.18. The quantitative estimate of drug-likeness (QED) is 0.521. The topological polar surface area (TPSA) is 109 Å². The van der Waals surface area contributed by atoms with Crippen LogP contribution in [0.25, 0.3) is 0 Å². The summed E-state index contributed by atoms with van der Waals surface area (Å²) >= 11 is 7.58. The standard InChI is InChI=1S/C15H13ClN6O2S/c1-9-20-21-15(25-8-10-4-2-3-5-12(10)16)22(9)17-7-11-6-13(23)19-14(24)18-11/h2-7H,8H2,1H3,(H2,18,19,23,24)/b17-7+. The fourth-order valence-corrected chi connectivity index (χ4v) is 3.21. The highest BCUT2D eigenvalue weighted by Gasteiger charge is 2.10. The van der Waals surface area contributed by atoms with Crippen molar-refractivity contribution in [2.45, 2.75) is 17.8 Å². The number of hydrogen-bond acceptors (Lipinski definition) is 6. The molecule has 0 saturated carbocycles. The van der Waals surface area contributed by atoms with Gasteiger partial charge in [-0.05, 0) is 18.6 Å². The summed E-state index contributed by atoms with van der Waals surface area (Å²) in [4.78, 5) is 27.2. The normalized spacial score (nSPS) is 11.3. The molecule has 25 heavy (non-hydrogen) atoms. The number of benzene rings is 1. The number of nitrogens with one attached hydrogen (secondary N) is 2. The Balaban J connectivity index is 1.82. The molecule has 1 aromatic carbocycles. The van der Waals surface area contributed by atoms with E-state index in [0.717, 1.165) is 5.56 Å². The Morgan fingerprint density at radius 3 is 2.84 bits per heavy atom. The lowest BCUT2D eigenvalue weighted by Crippen LogP contribution is -2.22. The Hall–Kier alpha value is -2.65. The molecule has 3 rings (SSSR count). The largest absolute Gasteiger partial charge is 0.326 e. The van der Waals surface area contributed by atoms with Crippen LogP contribution in [0, 0.1) is 6.92 Å². The van der Waals surface area contributed by atoms with E-state index in [4.69, 9.17) is 11.6 Å². The minimum Gasteiger partial charge on any atom is -0.306 e. The second-order valence-corrected chi connectivity index (χ2v) is 6.36. The van der Waals surface area contributed by atoms with E-state index in [1.54, 1.807) is 6.92 Å². The highest BCUT2D eigenvalue weighted by molar-refractivity contribution is 7.98. The smallest absolute Gasteiger partial charge is 0.306 e. The maximum Gasteiger partial charge on any atom is 0.326 e. The Bertz CT molecular complexity index is 1010. The molecule has 0 amide bonds. The van der Waals surface area contributed by atoms with Crippen LogP contribution in [0.15, 0.2) is 50.2 Å². The molecule has 2 aromatic heterocycles. The first kappa shape index (κ1) is 17.2. The zero-order chi connectivity index (χ0) is 17.8. The zero-order valence-electron chi connectivity index (χ0n) is 13.1. The van der Waals surface area contributed by atoms with Crippen molar-refractivity contribution in [1.82, 2.24) is 24.8 Å². The average Bonchev–Trinajstić information content (AvgIpc) is 2.91. The molecule has 0 atom stereocenters. The number of aromatic nitrogens is 5. The summed E-state index contributed by atoms with van der Waals surface area (Å²) in [5, 5.41) is 13.6. The number of H-pyrrole nitrogens is 2. The minimum atomic E-state index is -0.595. The van der Waals surface area contributed by atoms with Crippen LogP contribution in [0.1, 0.15) is 17.1 Å². The number of halogens is 1. The third kappa shape index (κ3) is 4.25. The fraction of sp³-hybridized carbons (Fsp3) is 0.133. The lowest BCUT2D eigenvalue weighted by molar-refractivity contribution is 0.743. The maximum absolute atomic E-state index is 11.3. The van der Waals surface area contributed by atoms with E-state index in [9.17, 15) is 9.59 Å². The lowest BCUT2D eigenvalue weighted by Gasteiger charge is -2.04. The van der Waals surface area contributed by atoms with E-state index in [1.165, 1.54) is 28.7 Å². The SMILES string of the molecule is Cc1nnc(SCc2ccccc2Cl)n1/N=C/c1cc(=O)[nH]c(=O)[nH]1. The maximum atomic E-state index is 11.3. The Morgan fingerprint density at radius 2 is 2.08 bits per heavy atom. The van der Waals surface area contributed by atoms with Crippen molar-refractivity contribution in [3.8, 4) is 0 Å². The summed E-state index contributed by atoms with van der Waals surface area (Å²) in [5.41, 5.74) is 0.162. The van der Waals surface area contributed by atoms with Crippen LogP contribution in [0.5, 0.6) is 0 Å². The van der Waals surface area contributed by atoms with Crippen molar-refractivity contribution in [3.63, 3.8) is 0 Å². The number of nitrogens with zero attached hydrogens (tertiary/aromatic N) is 4. The summed E-state index contributed by atoms with van der Waals surface area (Å²) in [6.45, 7) is 1.75. The second kappa shape index (κ2) is 7.49. The molecule has 0 aliphatic carbocycles. The molecule has 0 bridgehead atoms. The molecule has 0 aliphatic rings. The van der Waals surface area contributed by atoms with Crippen LogP contribution in [0.3, 0.4) is 0 Å². The van der Waals surface area contributed by atoms with Gasteiger partial charge in [0.15, 0.2) is 5.82 Å². The average molecular weight is 377 g/mol. The highest BCUT2D eigenvalue weighted by atomic mass is 35.5. The second-order valence-electron chi connectivity index (χ2n) is 5.01. The van der Waals surface area contributed by atoms with E-state index in [2.05, 4.69) is 25.3 Å². The summed E-state index contributed by atoms with van der Waals surface area (Å²) in [6.07, 6.45) is 1.37. The summed E-state index contributed by atoms with van der Waals surface area (Å²) < 4.78 is 1.53. The van der Waals surface area contributed by atoms with E-state index in [-0.39, 0.29) is 5.69 Å². The predicted octanol–water partition coefficient (Wildman–Crippen LogP) is 1.79. The Labute approximate surface area is 151 Å². The third-order valence-corrected chi connectivity index (χ3v) is 4.51. The van der Waals surface area contributed by atoms with Gasteiger partial charge in [-0.25, -0.2) is 4.79 Å². The Morgan fingerprint density at radius 1 is 1.28 bits per heavy atom. The van der Waals surface area contributed by atoms with Crippen molar-refractivity contribution in [3.05, 3.63) is 73.3 Å². The van der Waals surface area contributed by atoms with Crippen LogP contribution >= 0.6 is 23.4 Å². The van der Waals surface area contributed by atoms with Crippen molar-refractivity contribution >= 4 is 29.6 Å². The van der Waals surface area contributed by atoms with Gasteiger partial charge in [0.1, 0.15) is 0 Å². The van der Waals surface area contributed by atoms with Gasteiger partial charge < -0.3 is 4.98 Å². The van der Waals surface area contributed by atoms with Crippen molar-refractivity contribution in [1.29, 1.82) is 0 Å². The number of aryl methyl sites for hydroxylation is 1. The molecule has 0 aliphatic heterocycles. The number of aromatic amines is 2. The van der Waals surface area contributed by atoms with Crippen LogP contribution < -0.4 is 11.2 Å². The first-order valence-corrected chi connectivity index (χ1v) is 8.55. The van der Waals surface area contributed by atoms with E-state index in [0.29, 0.717) is 21.8 Å². The van der Waals surface area contributed by atoms with Gasteiger partial charge in [-0.1, -0.05) is 41.6 Å². The molecule has 128 valence electrons. The molecule has 0 saturated heterocycles. The van der Waals surface area contributed by atoms with E-state index < -0.39 is 11.2 Å². The summed E-state index contributed by atoms with van der Waals surface area (Å²) in [6, 6.07) is 8.79. The van der Waals surface area contributed by atoms with Gasteiger partial charge in [-0.3, -0.25) is 9.78 Å². The molecule has 3 aromatic rings. The minimum absolute atomic E-state index is 0.281. The number of thioether (sulfide) groups is 1. The van der Waals surface area contributed by atoms with Gasteiger partial charge >= 0.3 is 5.69 Å². The van der Waals surface area contributed by atoms with E-state index >= 15 is 0 Å². The van der Waals surface area contributed by atoms with Crippen molar-refractivity contribution in [2.75, 3.05) is 0 Å². The molecular weight excluding hydrogens is 364 g/mol. The Kier molecular flexibility index (Phi) is 5.15. The van der Waals surface area contributed by atoms with Crippen LogP contribution in [-0.2, 0) is 5.75 Å².